The maximum absolute atomic E-state index is 12.3. The number of ketones is 1. The van der Waals surface area contributed by atoms with E-state index in [1.165, 1.54) is 11.1 Å². The average molecular weight is 393 g/mol. The van der Waals surface area contributed by atoms with Crippen LogP contribution in [0.4, 0.5) is 5.69 Å². The van der Waals surface area contributed by atoms with Gasteiger partial charge in [0, 0.05) is 17.7 Å². The Labute approximate surface area is 171 Å². The predicted octanol–water partition coefficient (Wildman–Crippen LogP) is 4.19. The van der Waals surface area contributed by atoms with E-state index in [0.29, 0.717) is 5.56 Å². The molecule has 0 aliphatic heterocycles. The van der Waals surface area contributed by atoms with E-state index >= 15 is 0 Å². The molecule has 1 amide bonds. The zero-order chi connectivity index (χ0) is 20.8. The number of carbonyl (C=O) groups is 3. The average Bonchev–Trinajstić information content (AvgIpc) is 3.19. The van der Waals surface area contributed by atoms with Crippen molar-refractivity contribution in [2.24, 2.45) is 0 Å². The molecule has 3 rings (SSSR count). The van der Waals surface area contributed by atoms with E-state index in [4.69, 9.17) is 4.74 Å². The van der Waals surface area contributed by atoms with Gasteiger partial charge in [0.15, 0.2) is 12.4 Å². The number of carbonyl (C=O) groups excluding carboxylic acids is 3. The Morgan fingerprint density at radius 1 is 1.03 bits per heavy atom. The molecule has 0 atom stereocenters. The fraction of sp³-hybridized carbons (Fsp3) is 0.375. The van der Waals surface area contributed by atoms with Crippen molar-refractivity contribution >= 4 is 23.3 Å². The third-order valence-corrected chi connectivity index (χ3v) is 5.35. The van der Waals surface area contributed by atoms with Gasteiger partial charge in [-0.1, -0.05) is 37.3 Å². The second-order valence-corrected chi connectivity index (χ2v) is 7.43. The van der Waals surface area contributed by atoms with Gasteiger partial charge in [0.2, 0.25) is 0 Å². The lowest BCUT2D eigenvalue weighted by Gasteiger charge is -2.13. The summed E-state index contributed by atoms with van der Waals surface area (Å²) in [4.78, 5) is 36.5. The van der Waals surface area contributed by atoms with Gasteiger partial charge in [0.05, 0.1) is 6.42 Å². The van der Waals surface area contributed by atoms with E-state index in [1.807, 2.05) is 50.2 Å². The molecule has 0 bridgehead atoms. The number of para-hydroxylation sites is 1. The molecule has 5 heteroatoms. The minimum absolute atomic E-state index is 0.0340. The largest absolute Gasteiger partial charge is 0.456 e. The van der Waals surface area contributed by atoms with Crippen LogP contribution in [0.1, 0.15) is 58.8 Å². The van der Waals surface area contributed by atoms with Crippen molar-refractivity contribution in [2.45, 2.75) is 52.4 Å². The number of amides is 1. The quantitative estimate of drug-likeness (QED) is 0.539. The molecule has 0 aromatic heterocycles. The number of benzene rings is 2. The number of anilines is 1. The summed E-state index contributed by atoms with van der Waals surface area (Å²) in [6, 6.07) is 11.6. The normalized spacial score (nSPS) is 12.3. The first-order valence-electron chi connectivity index (χ1n) is 10.2. The zero-order valence-corrected chi connectivity index (χ0v) is 17.0. The number of hydrogen-bond acceptors (Lipinski definition) is 4. The van der Waals surface area contributed by atoms with Crippen LogP contribution in [0.15, 0.2) is 36.4 Å². The fourth-order valence-corrected chi connectivity index (χ4v) is 3.70. The van der Waals surface area contributed by atoms with Crippen molar-refractivity contribution in [2.75, 3.05) is 11.9 Å². The topological polar surface area (TPSA) is 72.5 Å². The van der Waals surface area contributed by atoms with Gasteiger partial charge >= 0.3 is 5.97 Å². The highest BCUT2D eigenvalue weighted by Crippen LogP contribution is 2.24. The van der Waals surface area contributed by atoms with Crippen molar-refractivity contribution in [3.05, 3.63) is 64.2 Å². The van der Waals surface area contributed by atoms with Gasteiger partial charge in [-0.2, -0.15) is 0 Å². The molecule has 0 saturated heterocycles. The van der Waals surface area contributed by atoms with Crippen LogP contribution in [0, 0.1) is 6.92 Å². The Bertz CT molecular complexity index is 932. The first-order chi connectivity index (χ1) is 14.0. The number of esters is 1. The van der Waals surface area contributed by atoms with Gasteiger partial charge in [0.25, 0.3) is 5.91 Å². The monoisotopic (exact) mass is 393 g/mol. The SMILES string of the molecule is CCc1cccc(C)c1NC(=O)COC(=O)CCC(=O)c1ccc2c(c1)CCC2. The third-order valence-electron chi connectivity index (χ3n) is 5.35. The first-order valence-corrected chi connectivity index (χ1v) is 10.2. The maximum Gasteiger partial charge on any atom is 0.306 e. The highest BCUT2D eigenvalue weighted by atomic mass is 16.5. The summed E-state index contributed by atoms with van der Waals surface area (Å²) in [5.74, 6) is -1.00. The van der Waals surface area contributed by atoms with E-state index in [0.717, 1.165) is 42.5 Å². The van der Waals surface area contributed by atoms with Crippen molar-refractivity contribution in [3.63, 3.8) is 0 Å². The summed E-state index contributed by atoms with van der Waals surface area (Å²) in [5, 5.41) is 2.82. The standard InChI is InChI=1S/C24H27NO4/c1-3-17-7-4-6-16(2)24(17)25-22(27)15-29-23(28)13-12-21(26)20-11-10-18-8-5-9-19(18)14-20/h4,6-7,10-11,14H,3,5,8-9,12-13,15H2,1-2H3,(H,25,27). The minimum atomic E-state index is -0.546. The van der Waals surface area contributed by atoms with Crippen LogP contribution in [0.5, 0.6) is 0 Å². The molecule has 0 fully saturated rings. The third kappa shape index (κ3) is 5.31. The number of ether oxygens (including phenoxy) is 1. The number of hydrogen-bond donors (Lipinski definition) is 1. The Morgan fingerprint density at radius 3 is 2.62 bits per heavy atom. The van der Waals surface area contributed by atoms with Gasteiger partial charge in [-0.25, -0.2) is 0 Å². The predicted molar refractivity (Wildman–Crippen MR) is 112 cm³/mol. The Balaban J connectivity index is 1.45. The molecule has 29 heavy (non-hydrogen) atoms. The van der Waals surface area contributed by atoms with Gasteiger partial charge < -0.3 is 10.1 Å². The van der Waals surface area contributed by atoms with Gasteiger partial charge in [-0.3, -0.25) is 14.4 Å². The molecule has 0 radical (unpaired) electrons. The molecule has 0 unspecified atom stereocenters. The molecule has 0 spiro atoms. The number of aryl methyl sites for hydroxylation is 4. The molecule has 0 heterocycles. The van der Waals surface area contributed by atoms with Crippen LogP contribution in [-0.4, -0.2) is 24.3 Å². The van der Waals surface area contributed by atoms with Crippen molar-refractivity contribution in [3.8, 4) is 0 Å². The summed E-state index contributed by atoms with van der Waals surface area (Å²) in [6.45, 7) is 3.58. The van der Waals surface area contributed by atoms with E-state index in [-0.39, 0.29) is 31.1 Å². The minimum Gasteiger partial charge on any atom is -0.456 e. The van der Waals surface area contributed by atoms with Crippen LogP contribution < -0.4 is 5.32 Å². The smallest absolute Gasteiger partial charge is 0.306 e. The number of fused-ring (bicyclic) bond motifs is 1. The zero-order valence-electron chi connectivity index (χ0n) is 17.0. The highest BCUT2D eigenvalue weighted by Gasteiger charge is 2.16. The maximum atomic E-state index is 12.3. The molecular weight excluding hydrogens is 366 g/mol. The molecule has 152 valence electrons. The lowest BCUT2D eigenvalue weighted by molar-refractivity contribution is -0.147. The molecular formula is C24H27NO4. The van der Waals surface area contributed by atoms with Crippen molar-refractivity contribution < 1.29 is 19.1 Å². The lowest BCUT2D eigenvalue weighted by atomic mass is 10.0. The van der Waals surface area contributed by atoms with Crippen LogP contribution in [-0.2, 0) is 33.6 Å². The number of Topliss-reactive ketones (excluding diaryl/α,β-unsaturated/α-hetero) is 1. The summed E-state index contributed by atoms with van der Waals surface area (Å²) < 4.78 is 5.05. The van der Waals surface area contributed by atoms with Crippen LogP contribution in [0.3, 0.4) is 0 Å². The van der Waals surface area contributed by atoms with E-state index in [9.17, 15) is 14.4 Å². The van der Waals surface area contributed by atoms with Crippen LogP contribution in [0.25, 0.3) is 0 Å². The van der Waals surface area contributed by atoms with E-state index in [1.54, 1.807) is 0 Å². The van der Waals surface area contributed by atoms with Crippen molar-refractivity contribution in [1.82, 2.24) is 0 Å². The molecule has 5 nitrogen and oxygen atoms in total. The molecule has 2 aromatic carbocycles. The Morgan fingerprint density at radius 2 is 1.83 bits per heavy atom. The van der Waals surface area contributed by atoms with Crippen LogP contribution in [0.2, 0.25) is 0 Å². The Hall–Kier alpha value is -2.95. The van der Waals surface area contributed by atoms with Gasteiger partial charge in [-0.15, -0.1) is 0 Å². The first kappa shape index (κ1) is 20.8. The Kier molecular flexibility index (Phi) is 6.81. The summed E-state index contributed by atoms with van der Waals surface area (Å²) in [5.41, 5.74) is 5.95. The molecule has 2 aromatic rings. The molecule has 1 N–H and O–H groups in total. The van der Waals surface area contributed by atoms with E-state index in [2.05, 4.69) is 5.32 Å². The summed E-state index contributed by atoms with van der Waals surface area (Å²) in [6.07, 6.45) is 4.05. The van der Waals surface area contributed by atoms with Gasteiger partial charge in [-0.05, 0) is 60.9 Å². The highest BCUT2D eigenvalue weighted by molar-refractivity contribution is 5.98. The summed E-state index contributed by atoms with van der Waals surface area (Å²) >= 11 is 0. The molecule has 1 aliphatic rings. The fourth-order valence-electron chi connectivity index (χ4n) is 3.70. The summed E-state index contributed by atoms with van der Waals surface area (Å²) in [7, 11) is 0. The van der Waals surface area contributed by atoms with E-state index < -0.39 is 5.97 Å². The lowest BCUT2D eigenvalue weighted by Crippen LogP contribution is -2.22. The molecule has 1 aliphatic carbocycles. The molecule has 0 saturated carbocycles. The van der Waals surface area contributed by atoms with Gasteiger partial charge in [0.1, 0.15) is 0 Å². The second-order valence-electron chi connectivity index (χ2n) is 7.43. The van der Waals surface area contributed by atoms with Crippen molar-refractivity contribution in [1.29, 1.82) is 0 Å². The van der Waals surface area contributed by atoms with Crippen LogP contribution >= 0.6 is 0 Å². The number of nitrogens with one attached hydrogen (secondary N) is 1. The second kappa shape index (κ2) is 9.50. The number of rotatable bonds is 8.